The SMILES string of the molecule is ClC1=C(c2nc(C3=CC=CCC3)c(C3=CC=CCC3)[nH]2)C=CCC1. The van der Waals surface area contributed by atoms with Gasteiger partial charge in [0.05, 0.1) is 11.4 Å². The van der Waals surface area contributed by atoms with Gasteiger partial charge in [-0.25, -0.2) is 4.98 Å². The highest BCUT2D eigenvalue weighted by molar-refractivity contribution is 6.33. The summed E-state index contributed by atoms with van der Waals surface area (Å²) in [5, 5.41) is 0.902. The predicted molar refractivity (Wildman–Crippen MR) is 102 cm³/mol. The lowest BCUT2D eigenvalue weighted by molar-refractivity contribution is 1.01. The lowest BCUT2D eigenvalue weighted by Gasteiger charge is -2.12. The minimum atomic E-state index is 0.895. The largest absolute Gasteiger partial charge is 0.338 e. The molecule has 1 aromatic heterocycles. The van der Waals surface area contributed by atoms with Gasteiger partial charge in [-0.05, 0) is 49.7 Å². The Labute approximate surface area is 148 Å². The first-order valence-electron chi connectivity index (χ1n) is 8.70. The number of imidazole rings is 1. The topological polar surface area (TPSA) is 28.7 Å². The number of nitrogens with zero attached hydrogens (tertiary/aromatic N) is 1. The molecule has 0 atom stereocenters. The summed E-state index contributed by atoms with van der Waals surface area (Å²) in [4.78, 5) is 8.54. The smallest absolute Gasteiger partial charge is 0.139 e. The molecule has 0 aromatic carbocycles. The molecule has 0 saturated heterocycles. The number of nitrogens with one attached hydrogen (secondary N) is 1. The average Bonchev–Trinajstić information content (AvgIpc) is 3.09. The zero-order valence-electron chi connectivity index (χ0n) is 13.7. The van der Waals surface area contributed by atoms with Crippen molar-refractivity contribution >= 4 is 28.3 Å². The second-order valence-electron chi connectivity index (χ2n) is 6.39. The maximum absolute atomic E-state index is 6.47. The Bertz CT molecular complexity index is 779. The van der Waals surface area contributed by atoms with Crippen LogP contribution in [0.5, 0.6) is 0 Å². The van der Waals surface area contributed by atoms with E-state index in [1.165, 1.54) is 11.1 Å². The van der Waals surface area contributed by atoms with E-state index >= 15 is 0 Å². The lowest BCUT2D eigenvalue weighted by Crippen LogP contribution is -1.96. The minimum absolute atomic E-state index is 0.895. The number of aromatic nitrogens is 2. The van der Waals surface area contributed by atoms with E-state index in [1.54, 1.807) is 0 Å². The van der Waals surface area contributed by atoms with Gasteiger partial charge < -0.3 is 4.98 Å². The number of rotatable bonds is 3. The van der Waals surface area contributed by atoms with Crippen LogP contribution in [0.15, 0.2) is 53.6 Å². The van der Waals surface area contributed by atoms with Gasteiger partial charge in [0.1, 0.15) is 5.82 Å². The summed E-state index contributed by atoms with van der Waals surface area (Å²) in [5.41, 5.74) is 5.92. The molecule has 1 N–H and O–H groups in total. The van der Waals surface area contributed by atoms with Gasteiger partial charge in [0.2, 0.25) is 0 Å². The molecule has 0 amide bonds. The number of hydrogen-bond acceptors (Lipinski definition) is 1. The Hall–Kier alpha value is -2.06. The third-order valence-electron chi connectivity index (χ3n) is 4.72. The highest BCUT2D eigenvalue weighted by atomic mass is 35.5. The highest BCUT2D eigenvalue weighted by Crippen LogP contribution is 2.35. The number of hydrogen-bond donors (Lipinski definition) is 1. The molecule has 4 rings (SSSR count). The quantitative estimate of drug-likeness (QED) is 0.701. The zero-order chi connectivity index (χ0) is 16.4. The van der Waals surface area contributed by atoms with Gasteiger partial charge in [0.25, 0.3) is 0 Å². The van der Waals surface area contributed by atoms with Gasteiger partial charge in [0, 0.05) is 10.6 Å². The summed E-state index contributed by atoms with van der Waals surface area (Å²) in [5.74, 6) is 0.895. The van der Waals surface area contributed by atoms with Crippen molar-refractivity contribution in [1.82, 2.24) is 9.97 Å². The van der Waals surface area contributed by atoms with Crippen LogP contribution >= 0.6 is 11.6 Å². The normalized spacial score (nSPS) is 20.4. The first-order valence-corrected chi connectivity index (χ1v) is 9.08. The van der Waals surface area contributed by atoms with Gasteiger partial charge in [-0.15, -0.1) is 0 Å². The summed E-state index contributed by atoms with van der Waals surface area (Å²) in [7, 11) is 0. The van der Waals surface area contributed by atoms with E-state index in [1.807, 2.05) is 0 Å². The fourth-order valence-corrected chi connectivity index (χ4v) is 3.68. The number of aromatic amines is 1. The van der Waals surface area contributed by atoms with Crippen LogP contribution in [0.2, 0.25) is 0 Å². The Morgan fingerprint density at radius 2 is 1.58 bits per heavy atom. The van der Waals surface area contributed by atoms with Crippen molar-refractivity contribution < 1.29 is 0 Å². The van der Waals surface area contributed by atoms with Crippen LogP contribution in [-0.2, 0) is 0 Å². The van der Waals surface area contributed by atoms with Crippen molar-refractivity contribution in [2.24, 2.45) is 0 Å². The van der Waals surface area contributed by atoms with Crippen molar-refractivity contribution in [3.63, 3.8) is 0 Å². The van der Waals surface area contributed by atoms with Crippen LogP contribution in [0, 0.1) is 0 Å². The Kier molecular flexibility index (Phi) is 4.40. The van der Waals surface area contributed by atoms with E-state index in [2.05, 4.69) is 53.6 Å². The summed E-state index contributed by atoms with van der Waals surface area (Å²) in [6.07, 6.45) is 23.5. The van der Waals surface area contributed by atoms with Gasteiger partial charge in [-0.2, -0.15) is 0 Å². The summed E-state index contributed by atoms with van der Waals surface area (Å²) in [6, 6.07) is 0. The molecule has 0 aliphatic heterocycles. The number of halogens is 1. The average molecular weight is 337 g/mol. The van der Waals surface area contributed by atoms with E-state index in [-0.39, 0.29) is 0 Å². The number of H-pyrrole nitrogens is 1. The lowest BCUT2D eigenvalue weighted by atomic mass is 9.95. The molecule has 0 unspecified atom stereocenters. The molecular formula is C21H21ClN2. The second-order valence-corrected chi connectivity index (χ2v) is 6.84. The molecule has 1 aromatic rings. The molecule has 0 spiro atoms. The van der Waals surface area contributed by atoms with E-state index < -0.39 is 0 Å². The fourth-order valence-electron chi connectivity index (χ4n) is 3.42. The molecule has 3 heteroatoms. The molecule has 24 heavy (non-hydrogen) atoms. The van der Waals surface area contributed by atoms with Gasteiger partial charge in [0.15, 0.2) is 0 Å². The molecule has 0 saturated carbocycles. The molecule has 0 radical (unpaired) electrons. The Balaban J connectivity index is 1.83. The second kappa shape index (κ2) is 6.82. The van der Waals surface area contributed by atoms with Gasteiger partial charge in [-0.3, -0.25) is 0 Å². The molecule has 3 aliphatic rings. The summed E-state index contributed by atoms with van der Waals surface area (Å²) in [6.45, 7) is 0. The maximum Gasteiger partial charge on any atom is 0.139 e. The molecule has 2 nitrogen and oxygen atoms in total. The van der Waals surface area contributed by atoms with Crippen LogP contribution in [-0.4, -0.2) is 9.97 Å². The molecule has 1 heterocycles. The van der Waals surface area contributed by atoms with Crippen LogP contribution in [0.3, 0.4) is 0 Å². The maximum atomic E-state index is 6.47. The van der Waals surface area contributed by atoms with Crippen LogP contribution in [0.1, 0.15) is 55.7 Å². The first kappa shape index (κ1) is 15.5. The van der Waals surface area contributed by atoms with Crippen LogP contribution in [0.4, 0.5) is 0 Å². The molecule has 0 fully saturated rings. The minimum Gasteiger partial charge on any atom is -0.338 e. The molecule has 3 aliphatic carbocycles. The van der Waals surface area contributed by atoms with Crippen molar-refractivity contribution in [1.29, 1.82) is 0 Å². The highest BCUT2D eigenvalue weighted by Gasteiger charge is 2.21. The third-order valence-corrected chi connectivity index (χ3v) is 5.11. The van der Waals surface area contributed by atoms with E-state index in [9.17, 15) is 0 Å². The molecule has 0 bridgehead atoms. The first-order chi connectivity index (χ1) is 11.8. The Morgan fingerprint density at radius 1 is 0.875 bits per heavy atom. The third kappa shape index (κ3) is 2.99. The predicted octanol–water partition coefficient (Wildman–Crippen LogP) is 6.18. The Morgan fingerprint density at radius 3 is 2.25 bits per heavy atom. The van der Waals surface area contributed by atoms with Gasteiger partial charge in [-0.1, -0.05) is 60.2 Å². The van der Waals surface area contributed by atoms with Crippen molar-refractivity contribution in [2.75, 3.05) is 0 Å². The fraction of sp³-hybridized carbons (Fsp3) is 0.286. The van der Waals surface area contributed by atoms with E-state index in [4.69, 9.17) is 16.6 Å². The standard InChI is InChI=1S/C21H21ClN2/c22-18-14-8-7-13-17(18)21-23-19(15-9-3-1-4-10-15)20(24-21)16-11-5-2-6-12-16/h1-3,5,7,9,11,13H,4,6,8,10,12,14H2,(H,23,24). The van der Waals surface area contributed by atoms with Crippen molar-refractivity contribution in [3.05, 3.63) is 70.9 Å². The van der Waals surface area contributed by atoms with Gasteiger partial charge >= 0.3 is 0 Å². The van der Waals surface area contributed by atoms with Crippen LogP contribution < -0.4 is 0 Å². The van der Waals surface area contributed by atoms with Crippen molar-refractivity contribution in [2.45, 2.75) is 38.5 Å². The molecule has 122 valence electrons. The van der Waals surface area contributed by atoms with E-state index in [0.717, 1.165) is 66.3 Å². The number of allylic oxidation sites excluding steroid dienone is 12. The van der Waals surface area contributed by atoms with Crippen molar-refractivity contribution in [3.8, 4) is 0 Å². The monoisotopic (exact) mass is 336 g/mol. The summed E-state index contributed by atoms with van der Waals surface area (Å²) < 4.78 is 0. The van der Waals surface area contributed by atoms with Crippen LogP contribution in [0.25, 0.3) is 16.7 Å². The molecular weight excluding hydrogens is 316 g/mol. The summed E-state index contributed by atoms with van der Waals surface area (Å²) >= 11 is 6.47. The zero-order valence-corrected chi connectivity index (χ0v) is 14.4. The van der Waals surface area contributed by atoms with E-state index in [0.29, 0.717) is 0 Å².